The van der Waals surface area contributed by atoms with Gasteiger partial charge in [-0.1, -0.05) is 6.07 Å². The summed E-state index contributed by atoms with van der Waals surface area (Å²) >= 11 is 0. The van der Waals surface area contributed by atoms with Crippen LogP contribution in [-0.4, -0.2) is 36.0 Å². The second-order valence-electron chi connectivity index (χ2n) is 4.72. The van der Waals surface area contributed by atoms with Gasteiger partial charge in [-0.05, 0) is 24.1 Å². The first-order valence-electron chi connectivity index (χ1n) is 5.93. The third-order valence-electron chi connectivity index (χ3n) is 3.76. The molecule has 3 rings (SSSR count). The standard InChI is InChI=1S/C13H14O5/c14-7-9-6-13(9,12(15)16)8-1-2-10-11(5-8)18-4-3-17-10/h1-2,5,9,14H,3-4,6-7H2,(H,15,16). The lowest BCUT2D eigenvalue weighted by atomic mass is 9.93. The van der Waals surface area contributed by atoms with E-state index in [1.165, 1.54) is 0 Å². The minimum absolute atomic E-state index is 0.110. The highest BCUT2D eigenvalue weighted by atomic mass is 16.6. The smallest absolute Gasteiger partial charge is 0.314 e. The fraction of sp³-hybridized carbons (Fsp3) is 0.462. The van der Waals surface area contributed by atoms with E-state index in [2.05, 4.69) is 0 Å². The Morgan fingerprint density at radius 2 is 2.06 bits per heavy atom. The molecule has 2 aliphatic rings. The van der Waals surface area contributed by atoms with Crippen LogP contribution in [0.25, 0.3) is 0 Å². The van der Waals surface area contributed by atoms with Crippen LogP contribution in [-0.2, 0) is 10.2 Å². The Bertz CT molecular complexity index is 498. The molecule has 5 nitrogen and oxygen atoms in total. The molecule has 2 N–H and O–H groups in total. The number of carbonyl (C=O) groups is 1. The first-order chi connectivity index (χ1) is 8.68. The van der Waals surface area contributed by atoms with Crippen molar-refractivity contribution in [3.63, 3.8) is 0 Å². The molecule has 18 heavy (non-hydrogen) atoms. The van der Waals surface area contributed by atoms with E-state index in [9.17, 15) is 15.0 Å². The van der Waals surface area contributed by atoms with Gasteiger partial charge in [-0.2, -0.15) is 0 Å². The fourth-order valence-corrected chi connectivity index (χ4v) is 2.61. The van der Waals surface area contributed by atoms with E-state index >= 15 is 0 Å². The van der Waals surface area contributed by atoms with Crippen molar-refractivity contribution in [1.82, 2.24) is 0 Å². The maximum Gasteiger partial charge on any atom is 0.314 e. The molecular formula is C13H14O5. The van der Waals surface area contributed by atoms with Crippen LogP contribution in [0.2, 0.25) is 0 Å². The molecule has 0 aromatic heterocycles. The van der Waals surface area contributed by atoms with Crippen molar-refractivity contribution in [2.45, 2.75) is 11.8 Å². The van der Waals surface area contributed by atoms with Crippen LogP contribution >= 0.6 is 0 Å². The van der Waals surface area contributed by atoms with Crippen molar-refractivity contribution in [3.8, 4) is 11.5 Å². The first-order valence-corrected chi connectivity index (χ1v) is 5.93. The van der Waals surface area contributed by atoms with Crippen molar-refractivity contribution in [2.75, 3.05) is 19.8 Å². The first kappa shape index (κ1) is 11.3. The number of hydrogen-bond acceptors (Lipinski definition) is 4. The van der Waals surface area contributed by atoms with Crippen molar-refractivity contribution < 1.29 is 24.5 Å². The number of aliphatic hydroxyl groups excluding tert-OH is 1. The topological polar surface area (TPSA) is 76.0 Å². The van der Waals surface area contributed by atoms with Gasteiger partial charge in [0.1, 0.15) is 13.2 Å². The predicted molar refractivity (Wildman–Crippen MR) is 61.9 cm³/mol. The lowest BCUT2D eigenvalue weighted by molar-refractivity contribution is -0.140. The van der Waals surface area contributed by atoms with E-state index in [1.54, 1.807) is 18.2 Å². The van der Waals surface area contributed by atoms with Gasteiger partial charge in [0, 0.05) is 12.5 Å². The van der Waals surface area contributed by atoms with Crippen LogP contribution < -0.4 is 9.47 Å². The zero-order chi connectivity index (χ0) is 12.8. The average Bonchev–Trinajstić information content (AvgIpc) is 3.14. The third kappa shape index (κ3) is 1.47. The number of hydrogen-bond donors (Lipinski definition) is 2. The van der Waals surface area contributed by atoms with Crippen LogP contribution in [0.1, 0.15) is 12.0 Å². The van der Waals surface area contributed by atoms with E-state index in [1.807, 2.05) is 0 Å². The molecule has 1 saturated carbocycles. The van der Waals surface area contributed by atoms with E-state index in [0.717, 1.165) is 0 Å². The lowest BCUT2D eigenvalue weighted by Gasteiger charge is -2.20. The molecule has 0 bridgehead atoms. The quantitative estimate of drug-likeness (QED) is 0.829. The molecule has 1 fully saturated rings. The number of aliphatic carboxylic acids is 1. The largest absolute Gasteiger partial charge is 0.486 e. The van der Waals surface area contributed by atoms with Crippen molar-refractivity contribution in [1.29, 1.82) is 0 Å². The summed E-state index contributed by atoms with van der Waals surface area (Å²) in [5.74, 6) is 0.130. The van der Waals surface area contributed by atoms with Gasteiger partial charge in [-0.3, -0.25) is 4.79 Å². The van der Waals surface area contributed by atoms with E-state index in [0.29, 0.717) is 36.7 Å². The second kappa shape index (κ2) is 3.88. The molecule has 0 spiro atoms. The molecule has 1 aliphatic carbocycles. The Labute approximate surface area is 104 Å². The monoisotopic (exact) mass is 250 g/mol. The van der Waals surface area contributed by atoms with Crippen LogP contribution in [0.4, 0.5) is 0 Å². The van der Waals surface area contributed by atoms with Gasteiger partial charge in [0.15, 0.2) is 11.5 Å². The molecule has 0 saturated heterocycles. The molecule has 0 amide bonds. The zero-order valence-corrected chi connectivity index (χ0v) is 9.76. The van der Waals surface area contributed by atoms with Crippen LogP contribution in [0.15, 0.2) is 18.2 Å². The van der Waals surface area contributed by atoms with Gasteiger partial charge < -0.3 is 19.7 Å². The highest BCUT2D eigenvalue weighted by molar-refractivity contribution is 5.86. The number of aliphatic hydroxyl groups is 1. The summed E-state index contributed by atoms with van der Waals surface area (Å²) in [6, 6.07) is 5.21. The Morgan fingerprint density at radius 1 is 1.33 bits per heavy atom. The van der Waals surface area contributed by atoms with Crippen molar-refractivity contribution in [2.24, 2.45) is 5.92 Å². The van der Waals surface area contributed by atoms with Crippen molar-refractivity contribution in [3.05, 3.63) is 23.8 Å². The molecule has 5 heteroatoms. The predicted octanol–water partition coefficient (Wildman–Crippen LogP) is 0.792. The maximum atomic E-state index is 11.4. The molecule has 96 valence electrons. The normalized spacial score (nSPS) is 28.8. The second-order valence-corrected chi connectivity index (χ2v) is 4.72. The van der Waals surface area contributed by atoms with Crippen LogP contribution in [0.3, 0.4) is 0 Å². The van der Waals surface area contributed by atoms with E-state index in [-0.39, 0.29) is 12.5 Å². The highest BCUT2D eigenvalue weighted by Crippen LogP contribution is 2.55. The molecule has 1 aliphatic heterocycles. The number of carboxylic acid groups (broad SMARTS) is 1. The van der Waals surface area contributed by atoms with Crippen LogP contribution in [0.5, 0.6) is 11.5 Å². The lowest BCUT2D eigenvalue weighted by Crippen LogP contribution is -2.24. The third-order valence-corrected chi connectivity index (χ3v) is 3.76. The summed E-state index contributed by atoms with van der Waals surface area (Å²) in [7, 11) is 0. The summed E-state index contributed by atoms with van der Waals surface area (Å²) in [4.78, 5) is 11.4. The van der Waals surface area contributed by atoms with Gasteiger partial charge in [0.2, 0.25) is 0 Å². The maximum absolute atomic E-state index is 11.4. The molecule has 2 atom stereocenters. The molecule has 1 heterocycles. The van der Waals surface area contributed by atoms with E-state index < -0.39 is 11.4 Å². The number of fused-ring (bicyclic) bond motifs is 1. The number of benzene rings is 1. The Kier molecular flexibility index (Phi) is 2.45. The minimum atomic E-state index is -0.954. The molecular weight excluding hydrogens is 236 g/mol. The number of rotatable bonds is 3. The molecule has 0 radical (unpaired) electrons. The Balaban J connectivity index is 1.99. The summed E-state index contributed by atoms with van der Waals surface area (Å²) in [6.45, 7) is 0.871. The minimum Gasteiger partial charge on any atom is -0.486 e. The van der Waals surface area contributed by atoms with Crippen molar-refractivity contribution >= 4 is 5.97 Å². The zero-order valence-electron chi connectivity index (χ0n) is 9.76. The SMILES string of the molecule is O=C(O)C1(c2ccc3c(c2)OCCO3)CC1CO. The van der Waals surface area contributed by atoms with Gasteiger partial charge in [-0.25, -0.2) is 0 Å². The average molecular weight is 250 g/mol. The number of ether oxygens (including phenoxy) is 2. The Morgan fingerprint density at radius 3 is 2.67 bits per heavy atom. The Hall–Kier alpha value is -1.75. The van der Waals surface area contributed by atoms with Crippen LogP contribution in [0, 0.1) is 5.92 Å². The molecule has 1 aromatic carbocycles. The molecule has 1 aromatic rings. The molecule has 2 unspecified atom stereocenters. The highest BCUT2D eigenvalue weighted by Gasteiger charge is 2.61. The van der Waals surface area contributed by atoms with Gasteiger partial charge in [0.05, 0.1) is 5.41 Å². The summed E-state index contributed by atoms with van der Waals surface area (Å²) in [6.07, 6.45) is 0.471. The van der Waals surface area contributed by atoms with Gasteiger partial charge in [0.25, 0.3) is 0 Å². The fourth-order valence-electron chi connectivity index (χ4n) is 2.61. The van der Waals surface area contributed by atoms with Gasteiger partial charge >= 0.3 is 5.97 Å². The van der Waals surface area contributed by atoms with E-state index in [4.69, 9.17) is 9.47 Å². The number of carboxylic acids is 1. The summed E-state index contributed by atoms with van der Waals surface area (Å²) in [5.41, 5.74) is -0.275. The summed E-state index contributed by atoms with van der Waals surface area (Å²) in [5, 5.41) is 18.6. The summed E-state index contributed by atoms with van der Waals surface area (Å²) < 4.78 is 10.9. The van der Waals surface area contributed by atoms with Gasteiger partial charge in [-0.15, -0.1) is 0 Å².